The summed E-state index contributed by atoms with van der Waals surface area (Å²) < 4.78 is 26.6. The van der Waals surface area contributed by atoms with Crippen LogP contribution in [0.3, 0.4) is 0 Å². The maximum atomic E-state index is 13.2. The van der Waals surface area contributed by atoms with Gasteiger partial charge in [0.05, 0.1) is 29.8 Å². The molecule has 39 heavy (non-hydrogen) atoms. The van der Waals surface area contributed by atoms with E-state index in [1.807, 2.05) is 42.5 Å². The van der Waals surface area contributed by atoms with Crippen molar-refractivity contribution in [1.82, 2.24) is 5.43 Å². The van der Waals surface area contributed by atoms with Crippen molar-refractivity contribution in [3.8, 4) is 0 Å². The predicted octanol–water partition coefficient (Wildman–Crippen LogP) is 5.06. The van der Waals surface area contributed by atoms with E-state index in [2.05, 4.69) is 15.8 Å². The average molecular weight is 541 g/mol. The molecule has 2 N–H and O–H groups in total. The Hall–Kier alpha value is -4.76. The van der Waals surface area contributed by atoms with E-state index in [9.17, 15) is 18.0 Å². The standard InChI is InChI=1S/C30H28N4O4S/c1-22(25-16-11-17-26(20-25)31-29(35)24-14-7-4-8-15-24)32-33-30(36)27-18-9-10-19-28(27)34(39(2,37)38)21-23-12-5-3-6-13-23/h3-20H,21H2,1-2H3,(H,31,35)(H,33,36). The second-order valence-corrected chi connectivity index (χ2v) is 10.7. The quantitative estimate of drug-likeness (QED) is 0.229. The number of carbonyl (C=O) groups excluding carboxylic acids is 2. The van der Waals surface area contributed by atoms with Crippen LogP contribution in [0.1, 0.15) is 38.8 Å². The van der Waals surface area contributed by atoms with Crippen molar-refractivity contribution in [2.75, 3.05) is 15.9 Å². The first kappa shape index (κ1) is 27.3. The van der Waals surface area contributed by atoms with Crippen LogP contribution in [0.4, 0.5) is 11.4 Å². The number of para-hydroxylation sites is 1. The number of amides is 2. The van der Waals surface area contributed by atoms with E-state index in [0.717, 1.165) is 11.8 Å². The van der Waals surface area contributed by atoms with Crippen molar-refractivity contribution in [3.63, 3.8) is 0 Å². The van der Waals surface area contributed by atoms with Crippen LogP contribution in [0.2, 0.25) is 0 Å². The maximum absolute atomic E-state index is 13.2. The topological polar surface area (TPSA) is 108 Å². The fourth-order valence-electron chi connectivity index (χ4n) is 3.89. The van der Waals surface area contributed by atoms with Gasteiger partial charge in [-0.1, -0.05) is 72.8 Å². The van der Waals surface area contributed by atoms with Crippen molar-refractivity contribution < 1.29 is 18.0 Å². The monoisotopic (exact) mass is 540 g/mol. The largest absolute Gasteiger partial charge is 0.322 e. The van der Waals surface area contributed by atoms with Gasteiger partial charge in [-0.15, -0.1) is 0 Å². The molecule has 4 aromatic rings. The van der Waals surface area contributed by atoms with E-state index in [-0.39, 0.29) is 23.7 Å². The summed E-state index contributed by atoms with van der Waals surface area (Å²) in [6, 6.07) is 31.6. The van der Waals surface area contributed by atoms with Crippen molar-refractivity contribution in [1.29, 1.82) is 0 Å². The Morgan fingerprint density at radius 2 is 1.38 bits per heavy atom. The Labute approximate surface area is 228 Å². The number of hydrogen-bond donors (Lipinski definition) is 2. The lowest BCUT2D eigenvalue weighted by Crippen LogP contribution is -2.32. The summed E-state index contributed by atoms with van der Waals surface area (Å²) in [6.45, 7) is 1.80. The SMILES string of the molecule is CC(=NNC(=O)c1ccccc1N(Cc1ccccc1)S(C)(=O)=O)c1cccc(NC(=O)c2ccccc2)c1. The highest BCUT2D eigenvalue weighted by atomic mass is 32.2. The number of sulfonamides is 1. The molecular weight excluding hydrogens is 512 g/mol. The molecule has 0 aliphatic heterocycles. The molecule has 0 bridgehead atoms. The number of hydrogen-bond acceptors (Lipinski definition) is 5. The van der Waals surface area contributed by atoms with Gasteiger partial charge in [0.1, 0.15) is 0 Å². The average Bonchev–Trinajstić information content (AvgIpc) is 2.95. The normalized spacial score (nSPS) is 11.5. The number of nitrogens with zero attached hydrogens (tertiary/aromatic N) is 2. The Morgan fingerprint density at radius 3 is 2.08 bits per heavy atom. The molecule has 198 valence electrons. The van der Waals surface area contributed by atoms with Gasteiger partial charge in [0.2, 0.25) is 10.0 Å². The van der Waals surface area contributed by atoms with Crippen molar-refractivity contribution >= 4 is 38.9 Å². The molecule has 0 saturated carbocycles. The van der Waals surface area contributed by atoms with Crippen LogP contribution in [0, 0.1) is 0 Å². The van der Waals surface area contributed by atoms with Crippen LogP contribution in [-0.2, 0) is 16.6 Å². The van der Waals surface area contributed by atoms with Gasteiger partial charge in [0.15, 0.2) is 0 Å². The molecule has 8 nitrogen and oxygen atoms in total. The van der Waals surface area contributed by atoms with Gasteiger partial charge in [-0.2, -0.15) is 5.10 Å². The van der Waals surface area contributed by atoms with Crippen molar-refractivity contribution in [3.05, 3.63) is 131 Å². The molecule has 0 aliphatic carbocycles. The van der Waals surface area contributed by atoms with Crippen LogP contribution in [0.15, 0.2) is 114 Å². The Balaban J connectivity index is 1.52. The van der Waals surface area contributed by atoms with Crippen molar-refractivity contribution in [2.45, 2.75) is 13.5 Å². The Bertz CT molecular complexity index is 1600. The molecule has 0 saturated heterocycles. The third-order valence-corrected chi connectivity index (χ3v) is 7.01. The minimum absolute atomic E-state index is 0.0771. The highest BCUT2D eigenvalue weighted by molar-refractivity contribution is 7.92. The fraction of sp³-hybridized carbons (Fsp3) is 0.100. The van der Waals surface area contributed by atoms with Gasteiger partial charge in [-0.3, -0.25) is 13.9 Å². The number of benzene rings is 4. The van der Waals surface area contributed by atoms with Gasteiger partial charge in [0, 0.05) is 11.3 Å². The molecule has 4 aromatic carbocycles. The zero-order chi connectivity index (χ0) is 27.8. The molecule has 4 rings (SSSR count). The molecule has 9 heteroatoms. The first-order valence-electron chi connectivity index (χ1n) is 12.1. The molecule has 2 amide bonds. The van der Waals surface area contributed by atoms with Gasteiger partial charge in [-0.25, -0.2) is 13.8 Å². The van der Waals surface area contributed by atoms with Gasteiger partial charge in [-0.05, 0) is 54.4 Å². The van der Waals surface area contributed by atoms with Gasteiger partial charge in [0.25, 0.3) is 11.8 Å². The van der Waals surface area contributed by atoms with Gasteiger partial charge >= 0.3 is 0 Å². The van der Waals surface area contributed by atoms with E-state index >= 15 is 0 Å². The lowest BCUT2D eigenvalue weighted by Gasteiger charge is -2.24. The first-order chi connectivity index (χ1) is 18.7. The molecule has 0 atom stereocenters. The summed E-state index contributed by atoms with van der Waals surface area (Å²) in [7, 11) is -3.70. The summed E-state index contributed by atoms with van der Waals surface area (Å²) >= 11 is 0. The summed E-state index contributed by atoms with van der Waals surface area (Å²) in [5.41, 5.74) is 6.04. The summed E-state index contributed by atoms with van der Waals surface area (Å²) in [5, 5.41) is 7.09. The van der Waals surface area contributed by atoms with Crippen LogP contribution >= 0.6 is 0 Å². The highest BCUT2D eigenvalue weighted by Crippen LogP contribution is 2.25. The third-order valence-electron chi connectivity index (χ3n) is 5.89. The number of anilines is 2. The molecule has 0 radical (unpaired) electrons. The van der Waals surface area contributed by atoms with Crippen LogP contribution < -0.4 is 15.0 Å². The molecule has 0 spiro atoms. The number of rotatable bonds is 9. The second kappa shape index (κ2) is 12.2. The zero-order valence-electron chi connectivity index (χ0n) is 21.5. The minimum atomic E-state index is -3.70. The van der Waals surface area contributed by atoms with E-state index < -0.39 is 15.9 Å². The Kier molecular flexibility index (Phi) is 8.53. The fourth-order valence-corrected chi connectivity index (χ4v) is 4.79. The zero-order valence-corrected chi connectivity index (χ0v) is 22.4. The Morgan fingerprint density at radius 1 is 0.769 bits per heavy atom. The second-order valence-electron chi connectivity index (χ2n) is 8.81. The third kappa shape index (κ3) is 7.18. The minimum Gasteiger partial charge on any atom is -0.322 e. The van der Waals surface area contributed by atoms with E-state index in [4.69, 9.17) is 0 Å². The summed E-state index contributed by atoms with van der Waals surface area (Å²) in [5.74, 6) is -0.793. The highest BCUT2D eigenvalue weighted by Gasteiger charge is 2.23. The smallest absolute Gasteiger partial charge is 0.273 e. The van der Waals surface area contributed by atoms with E-state index in [0.29, 0.717) is 22.5 Å². The molecular formula is C30H28N4O4S. The maximum Gasteiger partial charge on any atom is 0.273 e. The number of nitrogens with one attached hydrogen (secondary N) is 2. The molecule has 0 unspecified atom stereocenters. The van der Waals surface area contributed by atoms with Crippen LogP contribution in [0.5, 0.6) is 0 Å². The summed E-state index contributed by atoms with van der Waals surface area (Å²) in [6.07, 6.45) is 1.11. The molecule has 0 aliphatic rings. The lowest BCUT2D eigenvalue weighted by molar-refractivity contribution is 0.0954. The number of hydrazone groups is 1. The number of carbonyl (C=O) groups is 2. The van der Waals surface area contributed by atoms with Crippen molar-refractivity contribution in [2.24, 2.45) is 5.10 Å². The lowest BCUT2D eigenvalue weighted by atomic mass is 10.1. The molecule has 0 fully saturated rings. The first-order valence-corrected chi connectivity index (χ1v) is 14.0. The van der Waals surface area contributed by atoms with E-state index in [1.165, 1.54) is 4.31 Å². The molecule has 0 heterocycles. The van der Waals surface area contributed by atoms with E-state index in [1.54, 1.807) is 73.7 Å². The van der Waals surface area contributed by atoms with Crippen LogP contribution in [0.25, 0.3) is 0 Å². The predicted molar refractivity (Wildman–Crippen MR) is 154 cm³/mol. The molecule has 0 aromatic heterocycles. The van der Waals surface area contributed by atoms with Crippen LogP contribution in [-0.4, -0.2) is 32.2 Å². The summed E-state index contributed by atoms with van der Waals surface area (Å²) in [4.78, 5) is 25.7. The van der Waals surface area contributed by atoms with Gasteiger partial charge < -0.3 is 5.32 Å².